The summed E-state index contributed by atoms with van der Waals surface area (Å²) in [5.74, 6) is 0. The highest BCUT2D eigenvalue weighted by Gasteiger charge is 2.32. The van der Waals surface area contributed by atoms with E-state index in [1.54, 1.807) is 109 Å². The molecule has 454 valence electrons. The van der Waals surface area contributed by atoms with Crippen LogP contribution in [0.5, 0.6) is 0 Å². The van der Waals surface area contributed by atoms with Gasteiger partial charge in [0.05, 0.1) is 144 Å². The minimum absolute atomic E-state index is 0.00355. The van der Waals surface area contributed by atoms with Gasteiger partial charge in [-0.15, -0.1) is 0 Å². The van der Waals surface area contributed by atoms with Crippen molar-refractivity contribution in [3.05, 3.63) is 300 Å². The van der Waals surface area contributed by atoms with E-state index in [1.165, 1.54) is 54.6 Å². The molecule has 0 atom stereocenters. The molecule has 0 amide bonds. The highest BCUT2D eigenvalue weighted by molar-refractivity contribution is 6.15. The van der Waals surface area contributed by atoms with Gasteiger partial charge >= 0.3 is 6.18 Å². The fourth-order valence-electron chi connectivity index (χ4n) is 13.0. The third-order valence-corrected chi connectivity index (χ3v) is 17.3. The molecule has 0 N–H and O–H groups in total. The average Bonchev–Trinajstić information content (AvgIpc) is 1.56. The molecule has 16 nitrogen and oxygen atoms in total. The standard InChI is InChI=1S/C81H29F3N16/c1-92-57-27-53(41-89)77(54(28-57)42-90)48-10-18-73-62(30-48)63-32-50(79-55(43-91)29-58(93-2)36-70(79)98-7)12-20-74(63)100(73)76-34-47(59-17-14-56(81(82,83)84)35-66(59)94-3)9-16-61(76)60-15-8-44(37-85)26-75(60)99-71-19-11-49(78-52(40-88)22-45(38-86)23-67(78)95-4)31-64(71)65-33-51(13-21-72(65)99)80-68(96-5)24-46(39-87)25-69(80)97-6/h8-36H. The average molecular weight is 1280 g/mol. The zero-order chi connectivity index (χ0) is 70.4. The van der Waals surface area contributed by atoms with Crippen molar-refractivity contribution in [1.29, 1.82) is 36.8 Å². The Balaban J connectivity index is 1.17. The molecule has 0 spiro atoms. The maximum atomic E-state index is 14.4. The summed E-state index contributed by atoms with van der Waals surface area (Å²) in [6.07, 6.45) is -4.81. The minimum Gasteiger partial charge on any atom is -0.309 e. The largest absolute Gasteiger partial charge is 0.415 e. The summed E-state index contributed by atoms with van der Waals surface area (Å²) in [7, 11) is 0. The number of nitriles is 7. The Morgan fingerprint density at radius 1 is 0.290 bits per heavy atom. The van der Waals surface area contributed by atoms with E-state index < -0.39 is 11.7 Å². The van der Waals surface area contributed by atoms with Crippen molar-refractivity contribution in [1.82, 2.24) is 9.13 Å². The second-order valence-corrected chi connectivity index (χ2v) is 22.5. The maximum absolute atomic E-state index is 14.4. The van der Waals surface area contributed by atoms with Crippen molar-refractivity contribution >= 4 is 83.4 Å². The maximum Gasteiger partial charge on any atom is 0.415 e. The zero-order valence-corrected chi connectivity index (χ0v) is 51.0. The number of fused-ring (bicyclic) bond motifs is 6. The Bertz CT molecular complexity index is 6150. The number of hydrogen-bond donors (Lipinski definition) is 0. The molecular formula is C81H29F3N16. The predicted octanol–water partition coefficient (Wildman–Crippen LogP) is 21.9. The first-order valence-electron chi connectivity index (χ1n) is 29.4. The van der Waals surface area contributed by atoms with Crippen LogP contribution in [0.3, 0.4) is 0 Å². The lowest BCUT2D eigenvalue weighted by Crippen LogP contribution is -2.04. The summed E-state index contributed by atoms with van der Waals surface area (Å²) in [6.45, 7) is 56.6. The second kappa shape index (κ2) is 24.6. The lowest BCUT2D eigenvalue weighted by atomic mass is 9.93. The van der Waals surface area contributed by atoms with Crippen molar-refractivity contribution in [2.24, 2.45) is 0 Å². The fourth-order valence-corrected chi connectivity index (χ4v) is 13.0. The number of rotatable bonds is 8. The SMILES string of the molecule is [C-]#[N+]c1cc(C#N)c(-c2ccc3c(c2)c2cc(-c4c(C#N)cc([N+]#[C-])cc4[N+]#[C-])ccc2n3-c2cc(-c3ccc(C(F)(F)F)cc3[N+]#[C-])ccc2-c2ccc(C#N)cc2-n2c3ccc(-c4c(C#N)cc(C#N)cc4[N+]#[C-])cc3c3cc(-c4c([N+]#[C-])cc(C#N)cc4[N+]#[C-])ccc32)c(C#N)c1. The first-order chi connectivity index (χ1) is 48.5. The van der Waals surface area contributed by atoms with E-state index in [-0.39, 0.29) is 112 Å². The van der Waals surface area contributed by atoms with Gasteiger partial charge < -0.3 is 9.13 Å². The molecule has 0 bridgehead atoms. The fraction of sp³-hybridized carbons (Fsp3) is 0.0123. The number of nitrogens with zero attached hydrogens (tertiary/aromatic N) is 16. The molecule has 13 aromatic rings. The number of benzene rings is 11. The number of alkyl halides is 3. The molecule has 0 saturated heterocycles. The molecule has 0 radical (unpaired) electrons. The predicted molar refractivity (Wildman–Crippen MR) is 370 cm³/mol. The monoisotopic (exact) mass is 1280 g/mol. The highest BCUT2D eigenvalue weighted by Crippen LogP contribution is 2.50. The van der Waals surface area contributed by atoms with Gasteiger partial charge in [-0.3, -0.25) is 0 Å². The second-order valence-electron chi connectivity index (χ2n) is 22.5. The van der Waals surface area contributed by atoms with Crippen LogP contribution >= 0.6 is 0 Å². The van der Waals surface area contributed by atoms with Crippen LogP contribution in [0, 0.1) is 125 Å². The van der Waals surface area contributed by atoms with E-state index in [4.69, 9.17) is 46.0 Å². The molecular weight excluding hydrogens is 1250 g/mol. The van der Waals surface area contributed by atoms with E-state index in [0.717, 1.165) is 12.1 Å². The molecule has 11 aromatic carbocycles. The van der Waals surface area contributed by atoms with Crippen LogP contribution < -0.4 is 0 Å². The van der Waals surface area contributed by atoms with Crippen LogP contribution in [-0.2, 0) is 6.18 Å². The van der Waals surface area contributed by atoms with Crippen molar-refractivity contribution in [2.75, 3.05) is 0 Å². The molecule has 13 rings (SSSR count). The molecule has 0 saturated carbocycles. The van der Waals surface area contributed by atoms with Gasteiger partial charge in [-0.1, -0.05) is 60.7 Å². The molecule has 0 aliphatic carbocycles. The number of hydrogen-bond acceptors (Lipinski definition) is 7. The highest BCUT2D eigenvalue weighted by atomic mass is 19.4. The Hall–Kier alpha value is -16.3. The lowest BCUT2D eigenvalue weighted by Gasteiger charge is -2.21. The van der Waals surface area contributed by atoms with Crippen LogP contribution in [0.2, 0.25) is 0 Å². The van der Waals surface area contributed by atoms with Crippen LogP contribution in [0.25, 0.3) is 156 Å². The van der Waals surface area contributed by atoms with Crippen LogP contribution in [0.1, 0.15) is 44.5 Å². The van der Waals surface area contributed by atoms with Crippen molar-refractivity contribution < 1.29 is 13.2 Å². The summed E-state index contributed by atoms with van der Waals surface area (Å²) in [5, 5.41) is 75.0. The summed E-state index contributed by atoms with van der Waals surface area (Å²) < 4.78 is 47.1. The van der Waals surface area contributed by atoms with E-state index in [1.807, 2.05) is 21.3 Å². The van der Waals surface area contributed by atoms with Gasteiger partial charge in [0, 0.05) is 71.6 Å². The smallest absolute Gasteiger partial charge is 0.309 e. The van der Waals surface area contributed by atoms with Gasteiger partial charge in [-0.25, -0.2) is 33.9 Å². The first kappa shape index (κ1) is 62.5. The summed E-state index contributed by atoms with van der Waals surface area (Å²) >= 11 is 0. The summed E-state index contributed by atoms with van der Waals surface area (Å²) in [4.78, 5) is 25.5. The lowest BCUT2D eigenvalue weighted by molar-refractivity contribution is -0.137. The third-order valence-electron chi connectivity index (χ3n) is 17.3. The van der Waals surface area contributed by atoms with E-state index in [9.17, 15) is 50.0 Å². The molecule has 0 aliphatic rings. The van der Waals surface area contributed by atoms with Crippen LogP contribution in [0.4, 0.5) is 53.0 Å². The molecule has 2 aromatic heterocycles. The third kappa shape index (κ3) is 10.2. The van der Waals surface area contributed by atoms with Crippen molar-refractivity contribution in [2.45, 2.75) is 6.18 Å². The first-order valence-corrected chi connectivity index (χ1v) is 29.4. The van der Waals surface area contributed by atoms with E-state index in [2.05, 4.69) is 64.3 Å². The van der Waals surface area contributed by atoms with Gasteiger partial charge in [0.1, 0.15) is 0 Å². The van der Waals surface area contributed by atoms with E-state index in [0.29, 0.717) is 88.4 Å². The topological polar surface area (TPSA) is 207 Å². The van der Waals surface area contributed by atoms with Gasteiger partial charge in [0.15, 0.2) is 39.8 Å². The molecule has 0 aliphatic heterocycles. The van der Waals surface area contributed by atoms with E-state index >= 15 is 0 Å². The summed E-state index contributed by atoms with van der Waals surface area (Å²) in [6, 6.07) is 59.7. The molecule has 0 fully saturated rings. The minimum atomic E-state index is -4.81. The van der Waals surface area contributed by atoms with Gasteiger partial charge in [0.25, 0.3) is 0 Å². The van der Waals surface area contributed by atoms with Crippen LogP contribution in [-0.4, -0.2) is 9.13 Å². The van der Waals surface area contributed by atoms with Gasteiger partial charge in [0.2, 0.25) is 0 Å². The molecule has 100 heavy (non-hydrogen) atoms. The Morgan fingerprint density at radius 3 is 1.08 bits per heavy atom. The Morgan fingerprint density at radius 2 is 0.650 bits per heavy atom. The molecule has 19 heteroatoms. The quantitative estimate of drug-likeness (QED) is 0.134. The summed E-state index contributed by atoms with van der Waals surface area (Å²) in [5.41, 5.74) is 5.50. The zero-order valence-electron chi connectivity index (χ0n) is 51.0. The molecule has 2 heterocycles. The van der Waals surface area contributed by atoms with Crippen molar-refractivity contribution in [3.8, 4) is 121 Å². The van der Waals surface area contributed by atoms with Gasteiger partial charge in [-0.2, -0.15) is 50.0 Å². The number of aromatic nitrogens is 2. The van der Waals surface area contributed by atoms with Crippen LogP contribution in [0.15, 0.2) is 176 Å². The Labute approximate surface area is 566 Å². The normalized spacial score (nSPS) is 10.6. The van der Waals surface area contributed by atoms with Gasteiger partial charge in [-0.05, 0) is 154 Å². The van der Waals surface area contributed by atoms with Crippen molar-refractivity contribution in [3.63, 3.8) is 0 Å². The molecule has 0 unspecified atom stereocenters. The Kier molecular flexibility index (Phi) is 15.4. The number of halogens is 3.